The molecule has 0 unspecified atom stereocenters. The minimum Gasteiger partial charge on any atom is -0.338 e. The number of rotatable bonds is 5. The highest BCUT2D eigenvalue weighted by Gasteiger charge is 2.54. The van der Waals surface area contributed by atoms with Gasteiger partial charge >= 0.3 is 0 Å². The Morgan fingerprint density at radius 2 is 1.96 bits per heavy atom. The zero-order valence-corrected chi connectivity index (χ0v) is 16.7. The maximum atomic E-state index is 13.9. The number of likely N-dealkylation sites (N-methyl/N-ethyl adjacent to an activating group) is 1. The highest BCUT2D eigenvalue weighted by Crippen LogP contribution is 2.44. The van der Waals surface area contributed by atoms with Crippen molar-refractivity contribution in [2.24, 2.45) is 0 Å². The molecule has 4 heteroatoms. The van der Waals surface area contributed by atoms with E-state index in [1.54, 1.807) is 0 Å². The van der Waals surface area contributed by atoms with Crippen molar-refractivity contribution in [1.29, 1.82) is 0 Å². The molecular weight excluding hydrogens is 348 g/mol. The molecule has 4 rings (SSSR count). The van der Waals surface area contributed by atoms with Crippen molar-refractivity contribution in [1.82, 2.24) is 9.80 Å². The van der Waals surface area contributed by atoms with Gasteiger partial charge < -0.3 is 9.80 Å². The lowest BCUT2D eigenvalue weighted by atomic mass is 9.76. The van der Waals surface area contributed by atoms with Crippen molar-refractivity contribution in [2.45, 2.75) is 51.1 Å². The minimum absolute atomic E-state index is 0.145. The highest BCUT2D eigenvalue weighted by atomic mass is 16.2. The largest absolute Gasteiger partial charge is 0.338 e. The lowest BCUT2D eigenvalue weighted by molar-refractivity contribution is -0.138. The van der Waals surface area contributed by atoms with Crippen LogP contribution < -0.4 is 0 Å². The molecular formula is C24H28N2O2. The lowest BCUT2D eigenvalue weighted by Gasteiger charge is -2.35. The summed E-state index contributed by atoms with van der Waals surface area (Å²) in [5, 5.41) is 0. The van der Waals surface area contributed by atoms with Crippen molar-refractivity contribution >= 4 is 11.8 Å². The molecule has 0 saturated carbocycles. The number of carbonyl (C=O) groups excluding carboxylic acids is 2. The van der Waals surface area contributed by atoms with Crippen molar-refractivity contribution in [3.63, 3.8) is 0 Å². The van der Waals surface area contributed by atoms with Crippen LogP contribution in [0.3, 0.4) is 0 Å². The van der Waals surface area contributed by atoms with E-state index in [4.69, 9.17) is 0 Å². The molecule has 2 aromatic rings. The molecule has 0 spiro atoms. The summed E-state index contributed by atoms with van der Waals surface area (Å²) >= 11 is 0. The third kappa shape index (κ3) is 3.21. The molecule has 0 aromatic heterocycles. The van der Waals surface area contributed by atoms with Crippen LogP contribution in [0.2, 0.25) is 0 Å². The van der Waals surface area contributed by atoms with E-state index in [1.807, 2.05) is 41.0 Å². The summed E-state index contributed by atoms with van der Waals surface area (Å²) in [5.41, 5.74) is 2.68. The molecule has 2 fully saturated rings. The Morgan fingerprint density at radius 3 is 2.64 bits per heavy atom. The van der Waals surface area contributed by atoms with Gasteiger partial charge in [-0.15, -0.1) is 0 Å². The summed E-state index contributed by atoms with van der Waals surface area (Å²) in [7, 11) is 0. The quantitative estimate of drug-likeness (QED) is 0.799. The van der Waals surface area contributed by atoms with Gasteiger partial charge in [0.25, 0.3) is 0 Å². The van der Waals surface area contributed by atoms with Crippen LogP contribution >= 0.6 is 0 Å². The van der Waals surface area contributed by atoms with E-state index in [1.165, 1.54) is 0 Å². The molecule has 2 aliphatic rings. The maximum Gasteiger partial charge on any atom is 0.235 e. The SMILES string of the molecule is CCN(Cc1ccccc1)C(=O)[C@@]1(c2cccc(C)c2)C[C@@H]2CCC(=O)N2C1. The first-order valence-corrected chi connectivity index (χ1v) is 10.2. The highest BCUT2D eigenvalue weighted by molar-refractivity contribution is 5.91. The van der Waals surface area contributed by atoms with Gasteiger partial charge in [-0.05, 0) is 37.8 Å². The van der Waals surface area contributed by atoms with E-state index in [2.05, 4.69) is 37.3 Å². The van der Waals surface area contributed by atoms with E-state index < -0.39 is 5.41 Å². The molecule has 0 bridgehead atoms. The van der Waals surface area contributed by atoms with Gasteiger partial charge in [-0.3, -0.25) is 9.59 Å². The average molecular weight is 377 g/mol. The molecule has 2 aromatic carbocycles. The van der Waals surface area contributed by atoms with Crippen molar-refractivity contribution in [3.8, 4) is 0 Å². The summed E-state index contributed by atoms with van der Waals surface area (Å²) in [4.78, 5) is 30.2. The summed E-state index contributed by atoms with van der Waals surface area (Å²) in [6.07, 6.45) is 2.21. The van der Waals surface area contributed by atoms with Crippen LogP contribution in [0.1, 0.15) is 42.9 Å². The fraction of sp³-hybridized carbons (Fsp3) is 0.417. The Kier molecular flexibility index (Phi) is 4.96. The summed E-state index contributed by atoms with van der Waals surface area (Å²) in [6, 6.07) is 18.6. The molecule has 2 heterocycles. The maximum absolute atomic E-state index is 13.9. The van der Waals surface area contributed by atoms with Gasteiger partial charge in [0.05, 0.1) is 5.41 Å². The zero-order valence-electron chi connectivity index (χ0n) is 16.7. The van der Waals surface area contributed by atoms with Crippen LogP contribution in [-0.4, -0.2) is 40.7 Å². The van der Waals surface area contributed by atoms with Gasteiger partial charge in [0.1, 0.15) is 0 Å². The zero-order chi connectivity index (χ0) is 19.7. The Hall–Kier alpha value is -2.62. The van der Waals surface area contributed by atoms with Crippen LogP contribution in [0.4, 0.5) is 0 Å². The number of benzene rings is 2. The topological polar surface area (TPSA) is 40.6 Å². The molecule has 2 amide bonds. The van der Waals surface area contributed by atoms with Crippen LogP contribution in [0.25, 0.3) is 0 Å². The number of nitrogens with zero attached hydrogens (tertiary/aromatic N) is 2. The molecule has 4 nitrogen and oxygen atoms in total. The molecule has 0 radical (unpaired) electrons. The van der Waals surface area contributed by atoms with Crippen LogP contribution in [-0.2, 0) is 21.5 Å². The normalized spacial score (nSPS) is 23.7. The molecule has 2 atom stereocenters. The van der Waals surface area contributed by atoms with Gasteiger partial charge in [0, 0.05) is 32.1 Å². The van der Waals surface area contributed by atoms with E-state index in [0.29, 0.717) is 26.1 Å². The predicted molar refractivity (Wildman–Crippen MR) is 110 cm³/mol. The van der Waals surface area contributed by atoms with Crippen molar-refractivity contribution < 1.29 is 9.59 Å². The Labute approximate surface area is 167 Å². The van der Waals surface area contributed by atoms with Gasteiger partial charge in [0.2, 0.25) is 11.8 Å². The summed E-state index contributed by atoms with van der Waals surface area (Å²) < 4.78 is 0. The standard InChI is InChI=1S/C24H28N2O2/c1-3-25(16-19-9-5-4-6-10-19)23(28)24(20-11-7-8-18(2)14-20)15-21-12-13-22(27)26(21)17-24/h4-11,14,21H,3,12-13,15-17H2,1-2H3/t21-,24-/m0/s1. The lowest BCUT2D eigenvalue weighted by Crippen LogP contribution is -2.48. The first-order valence-electron chi connectivity index (χ1n) is 10.2. The molecule has 0 aliphatic carbocycles. The number of aryl methyl sites for hydroxylation is 1. The van der Waals surface area contributed by atoms with E-state index in [0.717, 1.165) is 29.5 Å². The molecule has 28 heavy (non-hydrogen) atoms. The van der Waals surface area contributed by atoms with Crippen molar-refractivity contribution in [2.75, 3.05) is 13.1 Å². The summed E-state index contributed by atoms with van der Waals surface area (Å²) in [5.74, 6) is 0.338. The van der Waals surface area contributed by atoms with Gasteiger partial charge in [-0.1, -0.05) is 60.2 Å². The van der Waals surface area contributed by atoms with E-state index in [9.17, 15) is 9.59 Å². The number of hydrogen-bond acceptors (Lipinski definition) is 2. The fourth-order valence-corrected chi connectivity index (χ4v) is 4.84. The molecule has 2 aliphatic heterocycles. The fourth-order valence-electron chi connectivity index (χ4n) is 4.84. The van der Waals surface area contributed by atoms with Gasteiger partial charge in [-0.25, -0.2) is 0 Å². The first-order chi connectivity index (χ1) is 13.5. The second-order valence-electron chi connectivity index (χ2n) is 8.17. The summed E-state index contributed by atoms with van der Waals surface area (Å²) in [6.45, 7) is 5.85. The predicted octanol–water partition coefficient (Wildman–Crippen LogP) is 3.68. The van der Waals surface area contributed by atoms with Gasteiger partial charge in [-0.2, -0.15) is 0 Å². The smallest absolute Gasteiger partial charge is 0.235 e. The van der Waals surface area contributed by atoms with Crippen LogP contribution in [0.15, 0.2) is 54.6 Å². The van der Waals surface area contributed by atoms with Crippen molar-refractivity contribution in [3.05, 3.63) is 71.3 Å². The third-order valence-corrected chi connectivity index (χ3v) is 6.34. The second-order valence-corrected chi connectivity index (χ2v) is 8.17. The van der Waals surface area contributed by atoms with Crippen LogP contribution in [0, 0.1) is 6.92 Å². The molecule has 146 valence electrons. The Balaban J connectivity index is 1.71. The minimum atomic E-state index is -0.641. The van der Waals surface area contributed by atoms with E-state index >= 15 is 0 Å². The number of amides is 2. The third-order valence-electron chi connectivity index (χ3n) is 6.34. The monoisotopic (exact) mass is 376 g/mol. The first kappa shape index (κ1) is 18.7. The average Bonchev–Trinajstić information content (AvgIpc) is 3.26. The van der Waals surface area contributed by atoms with E-state index in [-0.39, 0.29) is 17.9 Å². The second kappa shape index (κ2) is 7.42. The Bertz CT molecular complexity index is 879. The van der Waals surface area contributed by atoms with Gasteiger partial charge in [0.15, 0.2) is 0 Å². The number of fused-ring (bicyclic) bond motifs is 1. The van der Waals surface area contributed by atoms with Crippen LogP contribution in [0.5, 0.6) is 0 Å². The molecule has 2 saturated heterocycles. The number of hydrogen-bond donors (Lipinski definition) is 0. The number of carbonyl (C=O) groups is 2. The Morgan fingerprint density at radius 1 is 1.18 bits per heavy atom. The molecule has 0 N–H and O–H groups in total.